The molecule has 23 heavy (non-hydrogen) atoms. The van der Waals surface area contributed by atoms with Crippen molar-refractivity contribution in [2.75, 3.05) is 0 Å². The van der Waals surface area contributed by atoms with Gasteiger partial charge in [0, 0.05) is 4.75 Å². The third-order valence-corrected chi connectivity index (χ3v) is 5.77. The molecule has 2 aliphatic rings. The second-order valence-corrected chi connectivity index (χ2v) is 8.08. The second-order valence-electron chi connectivity index (χ2n) is 6.31. The fraction of sp³-hybridized carbons (Fsp3) is 0.438. The number of β-lactam (4-membered cyclic amide) rings is 1. The predicted molar refractivity (Wildman–Crippen MR) is 85.8 cm³/mol. The number of carboxylic acids is 1. The molecule has 0 bridgehead atoms. The minimum absolute atomic E-state index is 0.202. The van der Waals surface area contributed by atoms with Crippen LogP contribution >= 0.6 is 11.8 Å². The maximum Gasteiger partial charge on any atom is 0.327 e. The number of hydrogen-bond acceptors (Lipinski definition) is 4. The van der Waals surface area contributed by atoms with Crippen LogP contribution in [-0.2, 0) is 20.8 Å². The van der Waals surface area contributed by atoms with Crippen LogP contribution in [0.3, 0.4) is 0 Å². The molecule has 1 aromatic rings. The predicted octanol–water partition coefficient (Wildman–Crippen LogP) is 0.861. The number of nitrogens with one attached hydrogen (secondary N) is 1. The van der Waals surface area contributed by atoms with E-state index < -0.39 is 22.8 Å². The van der Waals surface area contributed by atoms with Crippen LogP contribution < -0.4 is 5.32 Å². The molecule has 1 aromatic carbocycles. The van der Waals surface area contributed by atoms with Crippen LogP contribution in [0, 0.1) is 0 Å². The zero-order chi connectivity index (χ0) is 16.8. The number of thioether (sulfide) groups is 1. The van der Waals surface area contributed by atoms with Gasteiger partial charge in [0.15, 0.2) is 0 Å². The summed E-state index contributed by atoms with van der Waals surface area (Å²) in [5.74, 6) is -1.55. The summed E-state index contributed by atoms with van der Waals surface area (Å²) in [4.78, 5) is 37.2. The molecule has 0 radical (unpaired) electrons. The Kier molecular flexibility index (Phi) is 3.83. The van der Waals surface area contributed by atoms with Crippen LogP contribution in [0.5, 0.6) is 0 Å². The van der Waals surface area contributed by atoms with E-state index in [4.69, 9.17) is 0 Å². The van der Waals surface area contributed by atoms with E-state index in [0.29, 0.717) is 0 Å². The molecular formula is C16H18N2O4S. The molecule has 3 rings (SSSR count). The summed E-state index contributed by atoms with van der Waals surface area (Å²) in [6.07, 6.45) is 0.202. The van der Waals surface area contributed by atoms with Gasteiger partial charge in [-0.1, -0.05) is 30.3 Å². The number of benzene rings is 1. The van der Waals surface area contributed by atoms with Gasteiger partial charge in [0.1, 0.15) is 17.5 Å². The first-order valence-corrected chi connectivity index (χ1v) is 8.25. The van der Waals surface area contributed by atoms with Crippen molar-refractivity contribution in [3.8, 4) is 0 Å². The van der Waals surface area contributed by atoms with Crippen molar-refractivity contribution >= 4 is 29.5 Å². The lowest BCUT2D eigenvalue weighted by Gasteiger charge is -2.43. The van der Waals surface area contributed by atoms with Gasteiger partial charge in [-0.25, -0.2) is 4.79 Å². The van der Waals surface area contributed by atoms with Gasteiger partial charge in [-0.05, 0) is 19.4 Å². The Hall–Kier alpha value is -2.02. The zero-order valence-corrected chi connectivity index (χ0v) is 13.7. The fourth-order valence-electron chi connectivity index (χ4n) is 3.15. The molecule has 1 unspecified atom stereocenters. The SMILES string of the molecule is CC1(C)SC2[C@H](NC(=O)Cc3ccccc3)C(=O)N2[C@H]1C(=O)O. The minimum atomic E-state index is -1.01. The highest BCUT2D eigenvalue weighted by Gasteiger charge is 2.64. The molecule has 3 atom stereocenters. The summed E-state index contributed by atoms with van der Waals surface area (Å²) < 4.78 is -0.578. The number of hydrogen-bond donors (Lipinski definition) is 2. The number of rotatable bonds is 4. The topological polar surface area (TPSA) is 86.7 Å². The molecule has 2 aliphatic heterocycles. The van der Waals surface area contributed by atoms with Crippen LogP contribution in [0.1, 0.15) is 19.4 Å². The Morgan fingerprint density at radius 3 is 2.57 bits per heavy atom. The highest BCUT2D eigenvalue weighted by Crippen LogP contribution is 2.50. The summed E-state index contributed by atoms with van der Waals surface area (Å²) in [6.45, 7) is 3.62. The van der Waals surface area contributed by atoms with E-state index in [9.17, 15) is 19.5 Å². The molecular weight excluding hydrogens is 316 g/mol. The van der Waals surface area contributed by atoms with Gasteiger partial charge < -0.3 is 15.3 Å². The van der Waals surface area contributed by atoms with Gasteiger partial charge in [0.2, 0.25) is 11.8 Å². The van der Waals surface area contributed by atoms with Gasteiger partial charge in [0.05, 0.1) is 6.42 Å². The Morgan fingerprint density at radius 1 is 1.30 bits per heavy atom. The highest BCUT2D eigenvalue weighted by atomic mass is 32.2. The largest absolute Gasteiger partial charge is 0.480 e. The Labute approximate surface area is 138 Å². The Morgan fingerprint density at radius 2 is 1.96 bits per heavy atom. The molecule has 122 valence electrons. The summed E-state index contributed by atoms with van der Waals surface area (Å²) in [6, 6.07) is 7.78. The summed E-state index contributed by atoms with van der Waals surface area (Å²) in [7, 11) is 0. The quantitative estimate of drug-likeness (QED) is 0.798. The van der Waals surface area contributed by atoms with Crippen molar-refractivity contribution in [1.82, 2.24) is 10.2 Å². The fourth-order valence-corrected chi connectivity index (χ4v) is 4.78. The van der Waals surface area contributed by atoms with E-state index in [1.807, 2.05) is 44.2 Å². The Balaban J connectivity index is 1.66. The lowest BCUT2D eigenvalue weighted by Crippen LogP contribution is -2.70. The van der Waals surface area contributed by atoms with Crippen molar-refractivity contribution in [1.29, 1.82) is 0 Å². The third-order valence-electron chi connectivity index (χ3n) is 4.20. The second kappa shape index (κ2) is 5.56. The van der Waals surface area contributed by atoms with Gasteiger partial charge in [0.25, 0.3) is 0 Å². The van der Waals surface area contributed by atoms with Crippen LogP contribution in [0.15, 0.2) is 30.3 Å². The summed E-state index contributed by atoms with van der Waals surface area (Å²) >= 11 is 1.42. The lowest BCUT2D eigenvalue weighted by molar-refractivity contribution is -0.161. The number of aliphatic carboxylic acids is 1. The molecule has 2 saturated heterocycles. The standard InChI is InChI=1S/C16H18N2O4S/c1-16(2)12(15(21)22)18-13(20)11(14(18)23-16)17-10(19)8-9-6-4-3-5-7-9/h3-7,11-12,14H,8H2,1-2H3,(H,17,19)(H,21,22)/t11-,12+,14?/m1/s1. The highest BCUT2D eigenvalue weighted by molar-refractivity contribution is 8.01. The van der Waals surface area contributed by atoms with E-state index in [2.05, 4.69) is 5.32 Å². The van der Waals surface area contributed by atoms with Crippen LogP contribution in [0.4, 0.5) is 0 Å². The molecule has 2 heterocycles. The summed E-state index contributed by atoms with van der Waals surface area (Å²) in [5, 5.41) is 11.8. The van der Waals surface area contributed by atoms with Crippen molar-refractivity contribution in [3.05, 3.63) is 35.9 Å². The van der Waals surface area contributed by atoms with E-state index in [-0.39, 0.29) is 23.6 Å². The maximum absolute atomic E-state index is 12.3. The molecule has 0 aromatic heterocycles. The van der Waals surface area contributed by atoms with Gasteiger partial charge in [-0.15, -0.1) is 11.8 Å². The first-order valence-electron chi connectivity index (χ1n) is 7.37. The number of carboxylic acid groups (broad SMARTS) is 1. The van der Waals surface area contributed by atoms with E-state index in [1.165, 1.54) is 16.7 Å². The van der Waals surface area contributed by atoms with Gasteiger partial charge >= 0.3 is 5.97 Å². The number of fused-ring (bicyclic) bond motifs is 1. The Bertz CT molecular complexity index is 661. The molecule has 2 amide bonds. The smallest absolute Gasteiger partial charge is 0.327 e. The van der Waals surface area contributed by atoms with Crippen LogP contribution in [0.25, 0.3) is 0 Å². The van der Waals surface area contributed by atoms with Crippen LogP contribution in [0.2, 0.25) is 0 Å². The van der Waals surface area contributed by atoms with Gasteiger partial charge in [-0.2, -0.15) is 0 Å². The third kappa shape index (κ3) is 2.69. The molecule has 6 nitrogen and oxygen atoms in total. The van der Waals surface area contributed by atoms with Crippen molar-refractivity contribution in [2.24, 2.45) is 0 Å². The molecule has 2 N–H and O–H groups in total. The number of nitrogens with zero attached hydrogens (tertiary/aromatic N) is 1. The van der Waals surface area contributed by atoms with Gasteiger partial charge in [-0.3, -0.25) is 9.59 Å². The molecule has 0 spiro atoms. The first kappa shape index (κ1) is 15.9. The maximum atomic E-state index is 12.3. The summed E-state index contributed by atoms with van der Waals surface area (Å²) in [5.41, 5.74) is 0.872. The van der Waals surface area contributed by atoms with E-state index in [1.54, 1.807) is 0 Å². The lowest BCUT2D eigenvalue weighted by atomic mass is 9.96. The van der Waals surface area contributed by atoms with Crippen molar-refractivity contribution < 1.29 is 19.5 Å². The normalized spacial score (nSPS) is 28.0. The van der Waals surface area contributed by atoms with Crippen molar-refractivity contribution in [2.45, 2.75) is 42.5 Å². The number of amides is 2. The van der Waals surface area contributed by atoms with Crippen LogP contribution in [-0.4, -0.2) is 50.0 Å². The molecule has 7 heteroatoms. The molecule has 2 fully saturated rings. The minimum Gasteiger partial charge on any atom is -0.480 e. The number of carbonyl (C=O) groups is 3. The average molecular weight is 334 g/mol. The number of carbonyl (C=O) groups excluding carboxylic acids is 2. The average Bonchev–Trinajstić information content (AvgIpc) is 2.74. The first-order chi connectivity index (χ1) is 10.8. The molecule has 0 aliphatic carbocycles. The van der Waals surface area contributed by atoms with E-state index in [0.717, 1.165) is 5.56 Å². The monoisotopic (exact) mass is 334 g/mol. The zero-order valence-electron chi connectivity index (χ0n) is 12.9. The molecule has 0 saturated carbocycles. The van der Waals surface area contributed by atoms with E-state index >= 15 is 0 Å². The van der Waals surface area contributed by atoms with Crippen molar-refractivity contribution in [3.63, 3.8) is 0 Å².